The number of amides is 1. The Morgan fingerprint density at radius 3 is 2.25 bits per heavy atom. The van der Waals surface area contributed by atoms with Crippen LogP contribution in [-0.2, 0) is 11.0 Å². The van der Waals surface area contributed by atoms with Crippen molar-refractivity contribution in [1.82, 2.24) is 10.3 Å². The van der Waals surface area contributed by atoms with Crippen LogP contribution in [0.25, 0.3) is 11.3 Å². The summed E-state index contributed by atoms with van der Waals surface area (Å²) in [5.41, 5.74) is 2.83. The maximum atomic E-state index is 14.5. The minimum absolute atomic E-state index is 0.0335. The summed E-state index contributed by atoms with van der Waals surface area (Å²) in [6.07, 6.45) is -4.84. The number of benzene rings is 2. The highest BCUT2D eigenvalue weighted by atomic mass is 35.5. The molecule has 1 amide bonds. The van der Waals surface area contributed by atoms with Crippen LogP contribution in [0.1, 0.15) is 42.4 Å². The average molecular weight is 544 g/mol. The number of nitrogens with zero attached hydrogens (tertiary/aromatic N) is 1. The van der Waals surface area contributed by atoms with E-state index in [1.165, 1.54) is 30.3 Å². The van der Waals surface area contributed by atoms with E-state index in [0.29, 0.717) is 11.1 Å². The van der Waals surface area contributed by atoms with Gasteiger partial charge in [0.05, 0.1) is 21.4 Å². The van der Waals surface area contributed by atoms with Crippen molar-refractivity contribution in [3.8, 4) is 17.0 Å². The van der Waals surface area contributed by atoms with Crippen LogP contribution in [0.3, 0.4) is 0 Å². The zero-order chi connectivity index (χ0) is 27.1. The monoisotopic (exact) mass is 543 g/mol. The maximum absolute atomic E-state index is 14.5. The summed E-state index contributed by atoms with van der Waals surface area (Å²) in [7, 11) is 0. The van der Waals surface area contributed by atoms with Crippen LogP contribution in [-0.4, -0.2) is 28.7 Å². The molecule has 3 rings (SSSR count). The highest BCUT2D eigenvalue weighted by molar-refractivity contribution is 6.32. The third-order valence-corrected chi connectivity index (χ3v) is 6.38. The Kier molecular flexibility index (Phi) is 7.60. The number of hydrogen-bond acceptors (Lipinski definition) is 4. The molecule has 0 aliphatic heterocycles. The van der Waals surface area contributed by atoms with Crippen LogP contribution in [0.5, 0.6) is 5.75 Å². The number of carbonyl (C=O) groups is 1. The molecule has 2 aromatic carbocycles. The second kappa shape index (κ2) is 9.88. The van der Waals surface area contributed by atoms with Crippen molar-refractivity contribution in [2.24, 2.45) is 5.73 Å². The largest absolute Gasteiger partial charge is 0.506 e. The van der Waals surface area contributed by atoms with Crippen LogP contribution >= 0.6 is 23.2 Å². The number of nitrogens with one attached hydrogen (secondary N) is 1. The van der Waals surface area contributed by atoms with Gasteiger partial charge in [0.2, 0.25) is 0 Å². The standard InChI is InChI=1S/C25H23Cl2F4N3O2/c1-23(2,32)15-10-19(13-4-6-18(28)16(26)8-13)34-21(11-15)24(3,25(29,30)31)12-33-22(36)14-5-7-20(35)17(27)9-14/h4-11,35H,12,32H2,1-3H3,(H,33,36). The number of halogens is 6. The molecular weight excluding hydrogens is 521 g/mol. The molecule has 1 aromatic heterocycles. The predicted molar refractivity (Wildman–Crippen MR) is 131 cm³/mol. The van der Waals surface area contributed by atoms with Gasteiger partial charge in [0, 0.05) is 23.2 Å². The molecule has 0 aliphatic rings. The second-order valence-corrected chi connectivity index (χ2v) is 9.97. The zero-order valence-corrected chi connectivity index (χ0v) is 21.0. The van der Waals surface area contributed by atoms with Gasteiger partial charge < -0.3 is 16.2 Å². The average Bonchev–Trinajstić information content (AvgIpc) is 2.79. The maximum Gasteiger partial charge on any atom is 0.401 e. The van der Waals surface area contributed by atoms with Crippen molar-refractivity contribution in [1.29, 1.82) is 0 Å². The summed E-state index contributed by atoms with van der Waals surface area (Å²) in [6.45, 7) is 3.29. The molecule has 192 valence electrons. The fourth-order valence-electron chi connectivity index (χ4n) is 3.33. The molecule has 1 unspecified atom stereocenters. The Labute approximate surface area is 215 Å². The first-order valence-electron chi connectivity index (χ1n) is 10.6. The first-order chi connectivity index (χ1) is 16.5. The Hall–Kier alpha value is -2.88. The lowest BCUT2D eigenvalue weighted by atomic mass is 9.82. The first kappa shape index (κ1) is 27.7. The van der Waals surface area contributed by atoms with E-state index >= 15 is 0 Å². The summed E-state index contributed by atoms with van der Waals surface area (Å²) >= 11 is 11.7. The van der Waals surface area contributed by atoms with Crippen molar-refractivity contribution in [3.05, 3.63) is 81.2 Å². The van der Waals surface area contributed by atoms with E-state index in [9.17, 15) is 27.5 Å². The van der Waals surface area contributed by atoms with Gasteiger partial charge in [-0.3, -0.25) is 9.78 Å². The van der Waals surface area contributed by atoms with Crippen molar-refractivity contribution in [2.75, 3.05) is 6.54 Å². The fraction of sp³-hybridized carbons (Fsp3) is 0.280. The van der Waals surface area contributed by atoms with Gasteiger partial charge in [-0.25, -0.2) is 4.39 Å². The highest BCUT2D eigenvalue weighted by Gasteiger charge is 2.54. The molecular formula is C25H23Cl2F4N3O2. The van der Waals surface area contributed by atoms with Crippen LogP contribution in [0.4, 0.5) is 17.6 Å². The summed E-state index contributed by atoms with van der Waals surface area (Å²) in [5.74, 6) is -1.78. The lowest BCUT2D eigenvalue weighted by Crippen LogP contribution is -2.49. The van der Waals surface area contributed by atoms with Gasteiger partial charge >= 0.3 is 6.18 Å². The number of nitrogens with two attached hydrogens (primary N) is 1. The Morgan fingerprint density at radius 2 is 1.69 bits per heavy atom. The molecule has 5 nitrogen and oxygen atoms in total. The van der Waals surface area contributed by atoms with E-state index in [4.69, 9.17) is 28.9 Å². The van der Waals surface area contributed by atoms with Gasteiger partial charge in [-0.1, -0.05) is 23.2 Å². The first-order valence-corrected chi connectivity index (χ1v) is 11.4. The molecule has 0 saturated heterocycles. The molecule has 1 heterocycles. The van der Waals surface area contributed by atoms with Gasteiger partial charge in [-0.05, 0) is 74.9 Å². The van der Waals surface area contributed by atoms with E-state index in [2.05, 4.69) is 10.3 Å². The molecule has 3 aromatic rings. The Balaban J connectivity index is 2.09. The number of aromatic nitrogens is 1. The smallest absolute Gasteiger partial charge is 0.401 e. The van der Waals surface area contributed by atoms with E-state index in [-0.39, 0.29) is 27.1 Å². The van der Waals surface area contributed by atoms with E-state index in [1.54, 1.807) is 13.8 Å². The van der Waals surface area contributed by atoms with Crippen molar-refractivity contribution in [2.45, 2.75) is 37.9 Å². The molecule has 0 radical (unpaired) electrons. The number of rotatable bonds is 6. The highest BCUT2D eigenvalue weighted by Crippen LogP contribution is 2.41. The lowest BCUT2D eigenvalue weighted by molar-refractivity contribution is -0.184. The van der Waals surface area contributed by atoms with Crippen LogP contribution in [0.15, 0.2) is 48.5 Å². The number of aromatic hydroxyl groups is 1. The molecule has 11 heteroatoms. The molecule has 1 atom stereocenters. The van der Waals surface area contributed by atoms with Crippen LogP contribution in [0, 0.1) is 5.82 Å². The van der Waals surface area contributed by atoms with Gasteiger partial charge in [0.15, 0.2) is 0 Å². The topological polar surface area (TPSA) is 88.2 Å². The minimum Gasteiger partial charge on any atom is -0.506 e. The summed E-state index contributed by atoms with van der Waals surface area (Å²) < 4.78 is 57.2. The fourth-order valence-corrected chi connectivity index (χ4v) is 3.69. The van der Waals surface area contributed by atoms with Gasteiger partial charge in [0.1, 0.15) is 17.0 Å². The van der Waals surface area contributed by atoms with Gasteiger partial charge in [-0.2, -0.15) is 13.2 Å². The lowest BCUT2D eigenvalue weighted by Gasteiger charge is -2.33. The van der Waals surface area contributed by atoms with Crippen LogP contribution < -0.4 is 11.1 Å². The van der Waals surface area contributed by atoms with Crippen molar-refractivity contribution in [3.63, 3.8) is 0 Å². The quantitative estimate of drug-likeness (QED) is 0.316. The van der Waals surface area contributed by atoms with Crippen LogP contribution in [0.2, 0.25) is 10.0 Å². The summed E-state index contributed by atoms with van der Waals surface area (Å²) in [6, 6.07) is 9.99. The molecule has 0 saturated carbocycles. The number of carbonyl (C=O) groups excluding carboxylic acids is 1. The minimum atomic E-state index is -4.84. The predicted octanol–water partition coefficient (Wildman–Crippen LogP) is 6.34. The molecule has 4 N–H and O–H groups in total. The number of pyridine rings is 1. The van der Waals surface area contributed by atoms with Gasteiger partial charge in [0.25, 0.3) is 5.91 Å². The molecule has 36 heavy (non-hydrogen) atoms. The van der Waals surface area contributed by atoms with Gasteiger partial charge in [-0.15, -0.1) is 0 Å². The molecule has 0 fully saturated rings. The van der Waals surface area contributed by atoms with Crippen molar-refractivity contribution < 1.29 is 27.5 Å². The SMILES string of the molecule is CC(C)(N)c1cc(-c2ccc(F)c(Cl)c2)nc(C(C)(CNC(=O)c2ccc(O)c(Cl)c2)C(F)(F)F)c1. The normalized spacial score (nSPS) is 13.8. The molecule has 0 aliphatic carbocycles. The Bertz CT molecular complexity index is 1310. The number of hydrogen-bond donors (Lipinski definition) is 3. The van der Waals surface area contributed by atoms with Crippen molar-refractivity contribution >= 4 is 29.1 Å². The third-order valence-electron chi connectivity index (χ3n) is 5.79. The summed E-state index contributed by atoms with van der Waals surface area (Å²) in [4.78, 5) is 16.8. The number of alkyl halides is 3. The Morgan fingerprint density at radius 1 is 1.03 bits per heavy atom. The number of phenols is 1. The zero-order valence-electron chi connectivity index (χ0n) is 19.5. The number of phenolic OH excluding ortho intramolecular Hbond substituents is 1. The van der Waals surface area contributed by atoms with E-state index in [0.717, 1.165) is 25.1 Å². The molecule has 0 bridgehead atoms. The van der Waals surface area contributed by atoms with E-state index < -0.39 is 41.1 Å². The summed E-state index contributed by atoms with van der Waals surface area (Å²) in [5, 5.41) is 11.5. The second-order valence-electron chi connectivity index (χ2n) is 9.16. The van der Waals surface area contributed by atoms with E-state index in [1.807, 2.05) is 0 Å². The molecule has 0 spiro atoms. The third kappa shape index (κ3) is 5.74.